The molecule has 0 radical (unpaired) electrons. The number of hydrogen-bond acceptors (Lipinski definition) is 1. The van der Waals surface area contributed by atoms with Crippen molar-refractivity contribution in [1.82, 2.24) is 0 Å². The Morgan fingerprint density at radius 2 is 2.00 bits per heavy atom. The van der Waals surface area contributed by atoms with Crippen molar-refractivity contribution >= 4 is 0 Å². The van der Waals surface area contributed by atoms with Crippen LogP contribution in [0.5, 0.6) is 0 Å². The van der Waals surface area contributed by atoms with Gasteiger partial charge in [-0.3, -0.25) is 0 Å². The zero-order chi connectivity index (χ0) is 8.48. The third-order valence-corrected chi connectivity index (χ3v) is 2.15. The molecule has 11 heavy (non-hydrogen) atoms. The molecule has 2 atom stereocenters. The molecule has 1 heterocycles. The summed E-state index contributed by atoms with van der Waals surface area (Å²) in [4.78, 5) is 0. The first kappa shape index (κ1) is 8.91. The van der Waals surface area contributed by atoms with Crippen molar-refractivity contribution in [3.05, 3.63) is 0 Å². The first-order chi connectivity index (χ1) is 5.10. The van der Waals surface area contributed by atoms with Crippen molar-refractivity contribution in [3.8, 4) is 0 Å². The topological polar surface area (TPSA) is 9.23 Å². The predicted octanol–water partition coefficient (Wildman–Crippen LogP) is 2.60. The Labute approximate surface area is 65.7 Å². The molecule has 3 heteroatoms. The standard InChI is InChI=1S/C8H14F2O/c1-3-6-5-8(9,10)7(4-2)11-6/h6-7H,3-5H2,1-2H3. The Balaban J connectivity index is 2.55. The van der Waals surface area contributed by atoms with Crippen molar-refractivity contribution in [3.63, 3.8) is 0 Å². The summed E-state index contributed by atoms with van der Waals surface area (Å²) < 4.78 is 31.0. The van der Waals surface area contributed by atoms with E-state index in [1.807, 2.05) is 6.92 Å². The third kappa shape index (κ3) is 1.70. The summed E-state index contributed by atoms with van der Waals surface area (Å²) in [5.74, 6) is -2.59. The molecule has 0 aromatic rings. The maximum absolute atomic E-state index is 12.9. The second-order valence-electron chi connectivity index (χ2n) is 3.03. The first-order valence-electron chi connectivity index (χ1n) is 4.13. The number of ether oxygens (including phenoxy) is 1. The van der Waals surface area contributed by atoms with Crippen LogP contribution in [0.1, 0.15) is 33.1 Å². The van der Waals surface area contributed by atoms with Gasteiger partial charge >= 0.3 is 0 Å². The minimum absolute atomic E-state index is 0.0952. The van der Waals surface area contributed by atoms with E-state index in [0.29, 0.717) is 12.8 Å². The van der Waals surface area contributed by atoms with E-state index in [9.17, 15) is 8.78 Å². The van der Waals surface area contributed by atoms with Gasteiger partial charge in [0, 0.05) is 6.42 Å². The highest BCUT2D eigenvalue weighted by Crippen LogP contribution is 2.38. The van der Waals surface area contributed by atoms with Gasteiger partial charge in [0.25, 0.3) is 5.92 Å². The van der Waals surface area contributed by atoms with Gasteiger partial charge in [-0.15, -0.1) is 0 Å². The highest BCUT2D eigenvalue weighted by atomic mass is 19.3. The van der Waals surface area contributed by atoms with E-state index in [-0.39, 0.29) is 12.5 Å². The summed E-state index contributed by atoms with van der Waals surface area (Å²) in [5.41, 5.74) is 0. The highest BCUT2D eigenvalue weighted by Gasteiger charge is 2.48. The largest absolute Gasteiger partial charge is 0.369 e. The van der Waals surface area contributed by atoms with Crippen molar-refractivity contribution in [1.29, 1.82) is 0 Å². The lowest BCUT2D eigenvalue weighted by Crippen LogP contribution is -2.27. The van der Waals surface area contributed by atoms with Crippen LogP contribution in [0, 0.1) is 0 Å². The van der Waals surface area contributed by atoms with Gasteiger partial charge in [0.15, 0.2) is 0 Å². The van der Waals surface area contributed by atoms with E-state index in [2.05, 4.69) is 0 Å². The van der Waals surface area contributed by atoms with Gasteiger partial charge in [0.1, 0.15) is 6.10 Å². The van der Waals surface area contributed by atoms with E-state index in [0.717, 1.165) is 0 Å². The quantitative estimate of drug-likeness (QED) is 0.609. The van der Waals surface area contributed by atoms with Crippen molar-refractivity contribution < 1.29 is 13.5 Å². The lowest BCUT2D eigenvalue weighted by atomic mass is 10.1. The summed E-state index contributed by atoms with van der Waals surface area (Å²) in [6, 6.07) is 0. The maximum atomic E-state index is 12.9. The molecule has 1 saturated heterocycles. The molecule has 0 bridgehead atoms. The van der Waals surface area contributed by atoms with Crippen LogP contribution in [0.3, 0.4) is 0 Å². The molecule has 2 unspecified atom stereocenters. The van der Waals surface area contributed by atoms with E-state index in [1.54, 1.807) is 6.92 Å². The Morgan fingerprint density at radius 3 is 2.27 bits per heavy atom. The van der Waals surface area contributed by atoms with Crippen LogP contribution in [-0.2, 0) is 4.74 Å². The fourth-order valence-electron chi connectivity index (χ4n) is 1.45. The Hall–Kier alpha value is -0.180. The molecular weight excluding hydrogens is 150 g/mol. The van der Waals surface area contributed by atoms with Crippen LogP contribution >= 0.6 is 0 Å². The zero-order valence-electron chi connectivity index (χ0n) is 6.94. The molecule has 66 valence electrons. The van der Waals surface area contributed by atoms with E-state index in [1.165, 1.54) is 0 Å². The van der Waals surface area contributed by atoms with Gasteiger partial charge < -0.3 is 4.74 Å². The maximum Gasteiger partial charge on any atom is 0.276 e. The fraction of sp³-hybridized carbons (Fsp3) is 1.00. The Morgan fingerprint density at radius 1 is 1.36 bits per heavy atom. The van der Waals surface area contributed by atoms with Crippen molar-refractivity contribution in [2.24, 2.45) is 0 Å². The molecule has 0 N–H and O–H groups in total. The van der Waals surface area contributed by atoms with Crippen LogP contribution in [0.2, 0.25) is 0 Å². The van der Waals surface area contributed by atoms with Crippen LogP contribution in [0.4, 0.5) is 8.78 Å². The molecule has 0 aromatic carbocycles. The van der Waals surface area contributed by atoms with Gasteiger partial charge in [-0.2, -0.15) is 0 Å². The molecule has 0 spiro atoms. The van der Waals surface area contributed by atoms with Crippen molar-refractivity contribution in [2.45, 2.75) is 51.2 Å². The Bertz CT molecular complexity index is 136. The first-order valence-corrected chi connectivity index (χ1v) is 4.13. The summed E-state index contributed by atoms with van der Waals surface area (Å²) >= 11 is 0. The number of hydrogen-bond donors (Lipinski definition) is 0. The van der Waals surface area contributed by atoms with Crippen LogP contribution in [0.15, 0.2) is 0 Å². The second-order valence-corrected chi connectivity index (χ2v) is 3.03. The zero-order valence-corrected chi connectivity index (χ0v) is 6.94. The highest BCUT2D eigenvalue weighted by molar-refractivity contribution is 4.87. The molecule has 1 rings (SSSR count). The molecule has 1 aliphatic rings. The monoisotopic (exact) mass is 164 g/mol. The second kappa shape index (κ2) is 3.05. The number of rotatable bonds is 2. The normalized spacial score (nSPS) is 36.0. The molecule has 1 aliphatic heterocycles. The van der Waals surface area contributed by atoms with E-state index >= 15 is 0 Å². The minimum atomic E-state index is -2.59. The van der Waals surface area contributed by atoms with Gasteiger partial charge in [0.05, 0.1) is 6.10 Å². The number of alkyl halides is 2. The van der Waals surface area contributed by atoms with Crippen molar-refractivity contribution in [2.75, 3.05) is 0 Å². The van der Waals surface area contributed by atoms with E-state index < -0.39 is 12.0 Å². The molecule has 0 saturated carbocycles. The molecule has 0 amide bonds. The van der Waals surface area contributed by atoms with Crippen LogP contribution in [0.25, 0.3) is 0 Å². The SMILES string of the molecule is CCC1CC(F)(F)C(CC)O1. The Kier molecular flexibility index (Phi) is 2.47. The average Bonchev–Trinajstić information content (AvgIpc) is 2.24. The summed E-state index contributed by atoms with van der Waals surface area (Å²) in [5, 5.41) is 0. The summed E-state index contributed by atoms with van der Waals surface area (Å²) in [6.07, 6.45) is -0.0696. The van der Waals surface area contributed by atoms with Crippen LogP contribution < -0.4 is 0 Å². The van der Waals surface area contributed by atoms with Gasteiger partial charge in [-0.1, -0.05) is 13.8 Å². The van der Waals surface area contributed by atoms with Gasteiger partial charge in [-0.25, -0.2) is 8.78 Å². The molecule has 0 aromatic heterocycles. The molecule has 0 aliphatic carbocycles. The summed E-state index contributed by atoms with van der Waals surface area (Å²) in [7, 11) is 0. The molecular formula is C8H14F2O. The lowest BCUT2D eigenvalue weighted by molar-refractivity contribution is -0.0753. The average molecular weight is 164 g/mol. The van der Waals surface area contributed by atoms with Crippen LogP contribution in [-0.4, -0.2) is 18.1 Å². The van der Waals surface area contributed by atoms with Gasteiger partial charge in [-0.05, 0) is 12.8 Å². The van der Waals surface area contributed by atoms with Gasteiger partial charge in [0.2, 0.25) is 0 Å². The molecule has 1 fully saturated rings. The van der Waals surface area contributed by atoms with E-state index in [4.69, 9.17) is 4.74 Å². The number of halogens is 2. The summed E-state index contributed by atoms with van der Waals surface area (Å²) in [6.45, 7) is 3.61. The molecule has 1 nitrogen and oxygen atoms in total. The predicted molar refractivity (Wildman–Crippen MR) is 38.8 cm³/mol. The minimum Gasteiger partial charge on any atom is -0.369 e. The third-order valence-electron chi connectivity index (χ3n) is 2.15. The fourth-order valence-corrected chi connectivity index (χ4v) is 1.45. The lowest BCUT2D eigenvalue weighted by Gasteiger charge is -2.14. The smallest absolute Gasteiger partial charge is 0.276 e.